The molecule has 90 valence electrons. The van der Waals surface area contributed by atoms with Crippen LogP contribution < -0.4 is 5.73 Å². The molecule has 0 amide bonds. The molecular weight excluding hydrogens is 210 g/mol. The Kier molecular flexibility index (Phi) is 3.29. The molecule has 0 fully saturated rings. The number of hydrogen-bond acceptors (Lipinski definition) is 2. The molecule has 0 bridgehead atoms. The monoisotopic (exact) mass is 229 g/mol. The molecule has 17 heavy (non-hydrogen) atoms. The van der Waals surface area contributed by atoms with Gasteiger partial charge < -0.3 is 10.7 Å². The molecule has 3 nitrogen and oxygen atoms in total. The molecule has 0 aliphatic rings. The van der Waals surface area contributed by atoms with E-state index < -0.39 is 0 Å². The third kappa shape index (κ3) is 2.11. The summed E-state index contributed by atoms with van der Waals surface area (Å²) in [6, 6.07) is 4.30. The standard InChI is InChI=1S/C14H19N3/c1-9-4-5-12(11(3)10(9)2)14-13(6-7-15)16-8-17-14/h4-5,8H,6-7,15H2,1-3H3,(H,16,17). The third-order valence-corrected chi connectivity index (χ3v) is 3.43. The van der Waals surface area contributed by atoms with Gasteiger partial charge in [-0.3, -0.25) is 0 Å². The highest BCUT2D eigenvalue weighted by molar-refractivity contribution is 5.68. The van der Waals surface area contributed by atoms with E-state index in [0.717, 1.165) is 17.8 Å². The minimum absolute atomic E-state index is 0.638. The Bertz CT molecular complexity index is 526. The number of nitrogens with two attached hydrogens (primary N) is 1. The lowest BCUT2D eigenvalue weighted by Gasteiger charge is -2.10. The molecule has 2 rings (SSSR count). The molecule has 3 heteroatoms. The van der Waals surface area contributed by atoms with Gasteiger partial charge in [0.15, 0.2) is 0 Å². The first-order valence-corrected chi connectivity index (χ1v) is 5.94. The maximum absolute atomic E-state index is 5.61. The van der Waals surface area contributed by atoms with E-state index in [-0.39, 0.29) is 0 Å². The third-order valence-electron chi connectivity index (χ3n) is 3.43. The van der Waals surface area contributed by atoms with Crippen molar-refractivity contribution in [3.63, 3.8) is 0 Å². The fraction of sp³-hybridized carbons (Fsp3) is 0.357. The van der Waals surface area contributed by atoms with Gasteiger partial charge in [-0.25, -0.2) is 4.98 Å². The summed E-state index contributed by atoms with van der Waals surface area (Å²) in [5.74, 6) is 0. The normalized spacial score (nSPS) is 10.8. The van der Waals surface area contributed by atoms with Crippen molar-refractivity contribution in [3.8, 4) is 11.3 Å². The Morgan fingerprint density at radius 3 is 2.65 bits per heavy atom. The van der Waals surface area contributed by atoms with Crippen LogP contribution in [0.5, 0.6) is 0 Å². The van der Waals surface area contributed by atoms with Crippen LogP contribution in [-0.2, 0) is 6.42 Å². The predicted octanol–water partition coefficient (Wildman–Crippen LogP) is 2.50. The molecule has 2 aromatic rings. The van der Waals surface area contributed by atoms with Gasteiger partial charge in [0.25, 0.3) is 0 Å². The van der Waals surface area contributed by atoms with Crippen molar-refractivity contribution in [1.29, 1.82) is 0 Å². The average Bonchev–Trinajstić information content (AvgIpc) is 2.75. The number of aromatic nitrogens is 2. The summed E-state index contributed by atoms with van der Waals surface area (Å²) in [7, 11) is 0. The first kappa shape index (κ1) is 11.9. The van der Waals surface area contributed by atoms with Crippen molar-refractivity contribution < 1.29 is 0 Å². The molecule has 0 saturated carbocycles. The SMILES string of the molecule is Cc1ccc(-c2nc[nH]c2CCN)c(C)c1C. The maximum atomic E-state index is 5.61. The number of aryl methyl sites for hydroxylation is 1. The molecule has 0 aliphatic carbocycles. The Morgan fingerprint density at radius 2 is 1.94 bits per heavy atom. The zero-order valence-electron chi connectivity index (χ0n) is 10.7. The van der Waals surface area contributed by atoms with Crippen molar-refractivity contribution in [3.05, 3.63) is 40.8 Å². The van der Waals surface area contributed by atoms with Crippen molar-refractivity contribution in [2.24, 2.45) is 5.73 Å². The minimum atomic E-state index is 0.638. The van der Waals surface area contributed by atoms with E-state index in [2.05, 4.69) is 42.9 Å². The van der Waals surface area contributed by atoms with E-state index in [9.17, 15) is 0 Å². The largest absolute Gasteiger partial charge is 0.348 e. The van der Waals surface area contributed by atoms with E-state index in [0.29, 0.717) is 6.54 Å². The van der Waals surface area contributed by atoms with Gasteiger partial charge in [0.05, 0.1) is 12.0 Å². The van der Waals surface area contributed by atoms with Crippen molar-refractivity contribution >= 4 is 0 Å². The molecule has 1 aromatic heterocycles. The number of rotatable bonds is 3. The summed E-state index contributed by atoms with van der Waals surface area (Å²) in [4.78, 5) is 7.60. The highest BCUT2D eigenvalue weighted by Crippen LogP contribution is 2.27. The molecule has 1 aromatic carbocycles. The molecule has 0 aliphatic heterocycles. The summed E-state index contributed by atoms with van der Waals surface area (Å²) < 4.78 is 0. The number of hydrogen-bond donors (Lipinski definition) is 2. The van der Waals surface area contributed by atoms with Gasteiger partial charge in [0.2, 0.25) is 0 Å². The van der Waals surface area contributed by atoms with Gasteiger partial charge >= 0.3 is 0 Å². The first-order valence-electron chi connectivity index (χ1n) is 5.94. The second kappa shape index (κ2) is 4.72. The number of benzene rings is 1. The number of aromatic amines is 1. The minimum Gasteiger partial charge on any atom is -0.348 e. The lowest BCUT2D eigenvalue weighted by molar-refractivity contribution is 0.936. The molecule has 0 saturated heterocycles. The molecule has 0 radical (unpaired) electrons. The first-order chi connectivity index (χ1) is 8.15. The predicted molar refractivity (Wildman–Crippen MR) is 71.0 cm³/mol. The average molecular weight is 229 g/mol. The number of nitrogens with one attached hydrogen (secondary N) is 1. The van der Waals surface area contributed by atoms with Crippen LogP contribution in [0.3, 0.4) is 0 Å². The van der Waals surface area contributed by atoms with E-state index >= 15 is 0 Å². The quantitative estimate of drug-likeness (QED) is 0.849. The van der Waals surface area contributed by atoms with Crippen LogP contribution in [0, 0.1) is 20.8 Å². The summed E-state index contributed by atoms with van der Waals surface area (Å²) in [5, 5.41) is 0. The maximum Gasteiger partial charge on any atom is 0.0929 e. The van der Waals surface area contributed by atoms with E-state index in [4.69, 9.17) is 5.73 Å². The van der Waals surface area contributed by atoms with Gasteiger partial charge in [-0.2, -0.15) is 0 Å². The van der Waals surface area contributed by atoms with Crippen LogP contribution in [0.1, 0.15) is 22.4 Å². The zero-order valence-corrected chi connectivity index (χ0v) is 10.7. The topological polar surface area (TPSA) is 54.7 Å². The lowest BCUT2D eigenvalue weighted by atomic mass is 9.96. The van der Waals surface area contributed by atoms with Crippen LogP contribution in [0.2, 0.25) is 0 Å². The van der Waals surface area contributed by atoms with Crippen LogP contribution in [0.15, 0.2) is 18.5 Å². The smallest absolute Gasteiger partial charge is 0.0929 e. The molecular formula is C14H19N3. The van der Waals surface area contributed by atoms with Gasteiger partial charge in [0, 0.05) is 17.7 Å². The van der Waals surface area contributed by atoms with Crippen LogP contribution in [-0.4, -0.2) is 16.5 Å². The summed E-state index contributed by atoms with van der Waals surface area (Å²) in [6.07, 6.45) is 2.58. The van der Waals surface area contributed by atoms with Crippen LogP contribution >= 0.6 is 0 Å². The van der Waals surface area contributed by atoms with Crippen molar-refractivity contribution in [2.45, 2.75) is 27.2 Å². The highest BCUT2D eigenvalue weighted by atomic mass is 14.9. The lowest BCUT2D eigenvalue weighted by Crippen LogP contribution is -2.04. The Balaban J connectivity index is 2.53. The Labute approximate surface area is 102 Å². The number of H-pyrrole nitrogens is 1. The van der Waals surface area contributed by atoms with E-state index in [1.807, 2.05) is 0 Å². The van der Waals surface area contributed by atoms with Gasteiger partial charge in [-0.1, -0.05) is 12.1 Å². The summed E-state index contributed by atoms with van der Waals surface area (Å²) in [5.41, 5.74) is 12.9. The Hall–Kier alpha value is -1.61. The molecule has 0 unspecified atom stereocenters. The second-order valence-electron chi connectivity index (χ2n) is 4.45. The molecule has 0 spiro atoms. The van der Waals surface area contributed by atoms with E-state index in [1.54, 1.807) is 6.33 Å². The number of nitrogens with zero attached hydrogens (tertiary/aromatic N) is 1. The molecule has 3 N–H and O–H groups in total. The fourth-order valence-corrected chi connectivity index (χ4v) is 2.10. The summed E-state index contributed by atoms with van der Waals surface area (Å²) in [6.45, 7) is 7.08. The van der Waals surface area contributed by atoms with Gasteiger partial charge in [-0.15, -0.1) is 0 Å². The van der Waals surface area contributed by atoms with Crippen LogP contribution in [0.25, 0.3) is 11.3 Å². The van der Waals surface area contributed by atoms with Crippen molar-refractivity contribution in [1.82, 2.24) is 9.97 Å². The second-order valence-corrected chi connectivity index (χ2v) is 4.45. The Morgan fingerprint density at radius 1 is 1.18 bits per heavy atom. The summed E-state index contributed by atoms with van der Waals surface area (Å²) >= 11 is 0. The zero-order chi connectivity index (χ0) is 12.4. The van der Waals surface area contributed by atoms with Crippen LogP contribution in [0.4, 0.5) is 0 Å². The van der Waals surface area contributed by atoms with E-state index in [1.165, 1.54) is 22.3 Å². The highest BCUT2D eigenvalue weighted by Gasteiger charge is 2.11. The van der Waals surface area contributed by atoms with Gasteiger partial charge in [-0.05, 0) is 44.0 Å². The van der Waals surface area contributed by atoms with Gasteiger partial charge in [0.1, 0.15) is 0 Å². The number of imidazole rings is 1. The fourth-order valence-electron chi connectivity index (χ4n) is 2.10. The van der Waals surface area contributed by atoms with Crippen molar-refractivity contribution in [2.75, 3.05) is 6.54 Å². The molecule has 0 atom stereocenters. The molecule has 1 heterocycles.